The number of aromatic nitrogens is 2. The highest BCUT2D eigenvalue weighted by molar-refractivity contribution is 7.90. The van der Waals surface area contributed by atoms with Gasteiger partial charge in [-0.1, -0.05) is 43.2 Å². The monoisotopic (exact) mass is 932 g/mol. The number of allylic oxidation sites excluding steroid dienone is 1. The van der Waals surface area contributed by atoms with Crippen LogP contribution in [0.25, 0.3) is 16.6 Å². The lowest BCUT2D eigenvalue weighted by molar-refractivity contribution is -0.384. The van der Waals surface area contributed by atoms with Crippen molar-refractivity contribution in [2.24, 2.45) is 5.41 Å². The average Bonchev–Trinajstić information content (AvgIpc) is 3.74. The second kappa shape index (κ2) is 19.4. The summed E-state index contributed by atoms with van der Waals surface area (Å²) in [6, 6.07) is 19.8. The predicted octanol–water partition coefficient (Wildman–Crippen LogP) is 8.20. The van der Waals surface area contributed by atoms with Gasteiger partial charge in [0.25, 0.3) is 28.0 Å². The number of benzene rings is 3. The van der Waals surface area contributed by atoms with E-state index in [0.29, 0.717) is 36.1 Å². The maximum Gasteiger partial charge on any atom is 0.293 e. The van der Waals surface area contributed by atoms with Crippen molar-refractivity contribution in [3.63, 3.8) is 0 Å². The number of alkyl halides is 2. The number of carbonyl (C=O) groups excluding carboxylic acids is 1. The molecule has 0 saturated carbocycles. The zero-order valence-electron chi connectivity index (χ0n) is 36.1. The van der Waals surface area contributed by atoms with Crippen LogP contribution in [0, 0.1) is 15.5 Å². The predicted molar refractivity (Wildman–Crippen MR) is 246 cm³/mol. The first-order chi connectivity index (χ1) is 31.1. The Morgan fingerprint density at radius 1 is 1.05 bits per heavy atom. The molecule has 0 bridgehead atoms. The molecule has 1 amide bonds. The number of halogens is 3. The summed E-state index contributed by atoms with van der Waals surface area (Å²) in [6.45, 7) is 8.84. The van der Waals surface area contributed by atoms with Crippen molar-refractivity contribution in [1.29, 1.82) is 0 Å². The van der Waals surface area contributed by atoms with Gasteiger partial charge in [-0.25, -0.2) is 26.9 Å². The molecule has 0 radical (unpaired) electrons. The standard InChI is InChI=1S/C46H51ClF2N8O7S/c1-46(2)13-11-32(39(24-46)30-3-5-33(47)6-4-30)27-54-15-17-56(18-16-54)34-7-9-38(42(22-34)64-35-21-31-12-14-50-44(31)52-25-35)45(58)53-65(61,62)37-8-10-40(41(23-37)57(59)60)51-26-36-28-55(19-20-63-36)29-43(48)49/h3-10,12,14,21-23,25,36,43,51H,11,13,15-20,24,26-29H2,1-2H3,(H,50,52)(H,53,58). The number of morpholine rings is 1. The van der Waals surface area contributed by atoms with Crippen molar-refractivity contribution < 1.29 is 36.4 Å². The van der Waals surface area contributed by atoms with Crippen LogP contribution in [0.15, 0.2) is 95.7 Å². The summed E-state index contributed by atoms with van der Waals surface area (Å²) in [7, 11) is -4.66. The highest BCUT2D eigenvalue weighted by atomic mass is 35.5. The highest BCUT2D eigenvalue weighted by Gasteiger charge is 2.31. The van der Waals surface area contributed by atoms with Gasteiger partial charge in [-0.15, -0.1) is 0 Å². The molecule has 1 aliphatic carbocycles. The lowest BCUT2D eigenvalue weighted by Gasteiger charge is -2.39. The van der Waals surface area contributed by atoms with Crippen molar-refractivity contribution in [1.82, 2.24) is 24.5 Å². The minimum atomic E-state index is -4.66. The molecule has 3 N–H and O–H groups in total. The first-order valence-corrected chi connectivity index (χ1v) is 23.4. The molecular weight excluding hydrogens is 882 g/mol. The summed E-state index contributed by atoms with van der Waals surface area (Å²) in [5.41, 5.74) is 5.00. The Morgan fingerprint density at radius 3 is 2.58 bits per heavy atom. The molecule has 3 aromatic carbocycles. The second-order valence-corrected chi connectivity index (χ2v) is 19.6. The van der Waals surface area contributed by atoms with E-state index in [4.69, 9.17) is 21.1 Å². The maximum atomic E-state index is 13.9. The third-order valence-electron chi connectivity index (χ3n) is 12.2. The molecule has 8 rings (SSSR count). The Balaban J connectivity index is 0.985. The van der Waals surface area contributed by atoms with Gasteiger partial charge in [0.1, 0.15) is 22.8 Å². The number of sulfonamides is 1. The van der Waals surface area contributed by atoms with Gasteiger partial charge >= 0.3 is 0 Å². The van der Waals surface area contributed by atoms with Crippen LogP contribution in [0.3, 0.4) is 0 Å². The summed E-state index contributed by atoms with van der Waals surface area (Å²) in [4.78, 5) is 38.5. The van der Waals surface area contributed by atoms with Crippen molar-refractivity contribution in [3.8, 4) is 11.5 Å². The van der Waals surface area contributed by atoms with Crippen LogP contribution in [0.1, 0.15) is 49.0 Å². The van der Waals surface area contributed by atoms with Crippen LogP contribution in [0.2, 0.25) is 5.02 Å². The first kappa shape index (κ1) is 45.9. The molecule has 4 heterocycles. The number of anilines is 2. The van der Waals surface area contributed by atoms with Crippen LogP contribution in [-0.4, -0.2) is 117 Å². The fourth-order valence-electron chi connectivity index (χ4n) is 8.68. The third kappa shape index (κ3) is 11.2. The number of ether oxygens (including phenoxy) is 2. The van der Waals surface area contributed by atoms with E-state index in [9.17, 15) is 32.1 Å². The van der Waals surface area contributed by atoms with Gasteiger partial charge in [0.15, 0.2) is 0 Å². The number of nitro groups is 1. The van der Waals surface area contributed by atoms with Crippen molar-refractivity contribution >= 4 is 61.2 Å². The summed E-state index contributed by atoms with van der Waals surface area (Å²) < 4.78 is 67.3. The third-order valence-corrected chi connectivity index (χ3v) is 13.8. The van der Waals surface area contributed by atoms with Gasteiger partial charge in [0, 0.05) is 86.8 Å². The number of H-pyrrole nitrogens is 1. The molecular formula is C46H51ClF2N8O7S. The fraction of sp³-hybridized carbons (Fsp3) is 0.391. The van der Waals surface area contributed by atoms with Crippen molar-refractivity contribution in [2.45, 2.75) is 50.5 Å². The maximum absolute atomic E-state index is 13.9. The molecule has 0 spiro atoms. The number of nitro benzene ring substituents is 1. The molecule has 1 atom stereocenters. The van der Waals surface area contributed by atoms with Gasteiger partial charge in [-0.05, 0) is 84.3 Å². The quantitative estimate of drug-likeness (QED) is 0.0679. The van der Waals surface area contributed by atoms with Gasteiger partial charge in [-0.2, -0.15) is 0 Å². The molecule has 2 aromatic heterocycles. The van der Waals surface area contributed by atoms with E-state index in [1.807, 2.05) is 18.2 Å². The van der Waals surface area contributed by atoms with Crippen LogP contribution < -0.4 is 19.7 Å². The fourth-order valence-corrected chi connectivity index (χ4v) is 9.80. The molecule has 344 valence electrons. The molecule has 15 nitrogen and oxygen atoms in total. The lowest BCUT2D eigenvalue weighted by Crippen LogP contribution is -2.47. The van der Waals surface area contributed by atoms with E-state index in [1.165, 1.54) is 35.0 Å². The minimum absolute atomic E-state index is 0.00669. The van der Waals surface area contributed by atoms with Gasteiger partial charge in [0.2, 0.25) is 0 Å². The normalized spacial score (nSPS) is 18.6. The summed E-state index contributed by atoms with van der Waals surface area (Å²) in [6.07, 6.45) is 3.32. The number of pyridine rings is 1. The first-order valence-electron chi connectivity index (χ1n) is 21.5. The molecule has 2 saturated heterocycles. The number of carbonyl (C=O) groups is 1. The summed E-state index contributed by atoms with van der Waals surface area (Å²) in [5.74, 6) is -0.616. The van der Waals surface area contributed by atoms with E-state index >= 15 is 0 Å². The number of hydrogen-bond acceptors (Lipinski definition) is 12. The molecule has 5 aromatic rings. The van der Waals surface area contributed by atoms with Crippen LogP contribution in [-0.2, 0) is 14.8 Å². The molecule has 19 heteroatoms. The Labute approximate surface area is 380 Å². The molecule has 3 aliphatic rings. The zero-order chi connectivity index (χ0) is 45.9. The Bertz CT molecular complexity index is 2690. The van der Waals surface area contributed by atoms with E-state index in [-0.39, 0.29) is 42.1 Å². The molecule has 2 fully saturated rings. The van der Waals surface area contributed by atoms with Gasteiger partial charge < -0.3 is 24.7 Å². The molecule has 65 heavy (non-hydrogen) atoms. The molecule has 2 aliphatic heterocycles. The Hall–Kier alpha value is -5.66. The smallest absolute Gasteiger partial charge is 0.293 e. The average molecular weight is 933 g/mol. The Morgan fingerprint density at radius 2 is 1.83 bits per heavy atom. The number of hydrogen-bond donors (Lipinski definition) is 3. The van der Waals surface area contributed by atoms with Gasteiger partial charge in [-0.3, -0.25) is 24.7 Å². The Kier molecular flexibility index (Phi) is 13.7. The second-order valence-electron chi connectivity index (χ2n) is 17.5. The number of rotatable bonds is 15. The topological polar surface area (TPSA) is 175 Å². The van der Waals surface area contributed by atoms with Gasteiger partial charge in [0.05, 0.1) is 40.8 Å². The van der Waals surface area contributed by atoms with E-state index in [2.05, 4.69) is 55.8 Å². The number of nitrogens with zero attached hydrogens (tertiary/aromatic N) is 5. The number of fused-ring (bicyclic) bond motifs is 1. The molecule has 1 unspecified atom stereocenters. The number of piperazine rings is 1. The lowest BCUT2D eigenvalue weighted by atomic mass is 9.72. The van der Waals surface area contributed by atoms with E-state index in [1.54, 1.807) is 29.3 Å². The zero-order valence-corrected chi connectivity index (χ0v) is 37.6. The van der Waals surface area contributed by atoms with Crippen molar-refractivity contribution in [2.75, 3.05) is 75.7 Å². The van der Waals surface area contributed by atoms with Crippen LogP contribution in [0.4, 0.5) is 25.8 Å². The number of nitrogens with one attached hydrogen (secondary N) is 3. The van der Waals surface area contributed by atoms with E-state index in [0.717, 1.165) is 62.1 Å². The van der Waals surface area contributed by atoms with Crippen LogP contribution >= 0.6 is 11.6 Å². The van der Waals surface area contributed by atoms with Crippen molar-refractivity contribution in [3.05, 3.63) is 117 Å². The largest absolute Gasteiger partial charge is 0.455 e. The van der Waals surface area contributed by atoms with E-state index < -0.39 is 50.5 Å². The summed E-state index contributed by atoms with van der Waals surface area (Å²) in [5, 5.41) is 16.5. The SMILES string of the molecule is CC1(C)CCC(CN2CCN(c3ccc(C(=O)NS(=O)(=O)c4ccc(NCC5CN(CC(F)F)CCO5)c([N+](=O)[O-])c4)c(Oc4cnc5[nH]ccc5c4)c3)CC2)=C(c2ccc(Cl)cc2)C1. The van der Waals surface area contributed by atoms with Crippen LogP contribution in [0.5, 0.6) is 11.5 Å². The highest BCUT2D eigenvalue weighted by Crippen LogP contribution is 2.43. The summed E-state index contributed by atoms with van der Waals surface area (Å²) >= 11 is 6.24. The minimum Gasteiger partial charge on any atom is -0.455 e. The number of amides is 1. The number of aromatic amines is 1.